The quantitative estimate of drug-likeness (QED) is 0.341. The first-order valence-corrected chi connectivity index (χ1v) is 12.5. The van der Waals surface area contributed by atoms with Crippen LogP contribution in [0, 0.1) is 0 Å². The van der Waals surface area contributed by atoms with Gasteiger partial charge in [0.1, 0.15) is 0 Å². The molecule has 0 aliphatic carbocycles. The maximum absolute atomic E-state index is 6.52. The van der Waals surface area contributed by atoms with E-state index < -0.39 is 0 Å². The fourth-order valence-electron chi connectivity index (χ4n) is 4.27. The van der Waals surface area contributed by atoms with Crippen LogP contribution < -0.4 is 4.46 Å². The predicted octanol–water partition coefficient (Wildman–Crippen LogP) is 5.58. The summed E-state index contributed by atoms with van der Waals surface area (Å²) in [4.78, 5) is 6.96. The van der Waals surface area contributed by atoms with E-state index in [1.807, 2.05) is 0 Å². The van der Waals surface area contributed by atoms with Gasteiger partial charge in [-0.1, -0.05) is 0 Å². The zero-order chi connectivity index (χ0) is 20.9. The van der Waals surface area contributed by atoms with E-state index in [4.69, 9.17) is 4.84 Å². The fourth-order valence-corrected chi connectivity index (χ4v) is 6.79. The molecule has 3 heteroatoms. The Morgan fingerprint density at radius 2 is 1.13 bits per heavy atom. The third-order valence-electron chi connectivity index (χ3n) is 5.67. The third kappa shape index (κ3) is 4.51. The van der Waals surface area contributed by atoms with Crippen molar-refractivity contribution < 1.29 is 4.84 Å². The summed E-state index contributed by atoms with van der Waals surface area (Å²) in [6.07, 6.45) is 0. The molecular weight excluding hydrogens is 445 g/mol. The Morgan fingerprint density at radius 3 is 1.68 bits per heavy atom. The molecule has 0 bridgehead atoms. The van der Waals surface area contributed by atoms with Gasteiger partial charge in [-0.2, -0.15) is 0 Å². The minimum atomic E-state index is 0.0455. The molecule has 1 heterocycles. The summed E-state index contributed by atoms with van der Waals surface area (Å²) in [7, 11) is 0. The molecule has 0 spiro atoms. The van der Waals surface area contributed by atoms with Crippen molar-refractivity contribution in [1.82, 2.24) is 5.06 Å². The van der Waals surface area contributed by atoms with Crippen LogP contribution in [0.1, 0.15) is 28.8 Å². The topological polar surface area (TPSA) is 12.5 Å². The molecule has 2 nitrogen and oxygen atoms in total. The Labute approximate surface area is 190 Å². The van der Waals surface area contributed by atoms with Crippen molar-refractivity contribution >= 4 is 19.4 Å². The van der Waals surface area contributed by atoms with Gasteiger partial charge in [-0.3, -0.25) is 0 Å². The van der Waals surface area contributed by atoms with Gasteiger partial charge < -0.3 is 0 Å². The molecule has 154 valence electrons. The molecule has 1 saturated heterocycles. The number of nitrogens with zero attached hydrogens (tertiary/aromatic N) is 1. The minimum absolute atomic E-state index is 0.0455. The van der Waals surface area contributed by atoms with Gasteiger partial charge in [0.05, 0.1) is 0 Å². The van der Waals surface area contributed by atoms with Crippen molar-refractivity contribution in [2.45, 2.75) is 16.9 Å². The van der Waals surface area contributed by atoms with Crippen molar-refractivity contribution in [3.05, 3.63) is 138 Å². The second kappa shape index (κ2) is 9.63. The summed E-state index contributed by atoms with van der Waals surface area (Å²) in [5.74, 6) is 0. The van der Waals surface area contributed by atoms with Crippen molar-refractivity contribution in [2.75, 3.05) is 6.61 Å². The van der Waals surface area contributed by atoms with E-state index in [1.165, 1.54) is 21.2 Å². The summed E-state index contributed by atoms with van der Waals surface area (Å²) in [5.41, 5.74) is 3.82. The van der Waals surface area contributed by atoms with E-state index in [1.54, 1.807) is 0 Å². The van der Waals surface area contributed by atoms with Crippen molar-refractivity contribution in [3.63, 3.8) is 0 Å². The van der Waals surface area contributed by atoms with Crippen molar-refractivity contribution in [1.29, 1.82) is 0 Å². The first-order valence-electron chi connectivity index (χ1n) is 10.7. The van der Waals surface area contributed by atoms with E-state index in [0.29, 0.717) is 19.8 Å². The molecule has 4 aromatic rings. The van der Waals surface area contributed by atoms with E-state index in [9.17, 15) is 0 Å². The molecule has 0 aromatic heterocycles. The Bertz CT molecular complexity index is 1030. The van der Waals surface area contributed by atoms with Gasteiger partial charge in [0.25, 0.3) is 0 Å². The van der Waals surface area contributed by atoms with Gasteiger partial charge in [-0.15, -0.1) is 0 Å². The Morgan fingerprint density at radius 1 is 0.645 bits per heavy atom. The second-order valence-corrected chi connectivity index (χ2v) is 10.5. The molecule has 1 fully saturated rings. The van der Waals surface area contributed by atoms with Crippen LogP contribution in [0.15, 0.2) is 121 Å². The van der Waals surface area contributed by atoms with Gasteiger partial charge in [-0.05, 0) is 0 Å². The summed E-state index contributed by atoms with van der Waals surface area (Å²) >= 11 is 0.314. The molecular formula is C28H25NOSe. The SMILES string of the molecule is c1ccc([Se][C@@H]2CON(C(c3ccccc3)c3ccccc3)[C@H]2c2ccccc2)cc1. The fraction of sp³-hybridized carbons (Fsp3) is 0.143. The average molecular weight is 470 g/mol. The Balaban J connectivity index is 1.56. The van der Waals surface area contributed by atoms with Crippen molar-refractivity contribution in [3.8, 4) is 0 Å². The van der Waals surface area contributed by atoms with E-state index >= 15 is 0 Å². The molecule has 0 saturated carbocycles. The molecule has 0 radical (unpaired) electrons. The van der Waals surface area contributed by atoms with Crippen LogP contribution in [0.4, 0.5) is 0 Å². The number of hydroxylamine groups is 2. The van der Waals surface area contributed by atoms with Gasteiger partial charge >= 0.3 is 191 Å². The molecule has 1 aliphatic heterocycles. The maximum atomic E-state index is 6.52. The molecule has 4 aromatic carbocycles. The number of hydrogen-bond donors (Lipinski definition) is 0. The predicted molar refractivity (Wildman–Crippen MR) is 127 cm³/mol. The summed E-state index contributed by atoms with van der Waals surface area (Å²) in [5, 5.41) is 2.26. The first kappa shape index (κ1) is 20.2. The third-order valence-corrected chi connectivity index (χ3v) is 8.27. The zero-order valence-electron chi connectivity index (χ0n) is 17.2. The van der Waals surface area contributed by atoms with Crippen LogP contribution in [-0.2, 0) is 4.84 Å². The molecule has 2 atom stereocenters. The molecule has 0 amide bonds. The Hall–Kier alpha value is -2.68. The summed E-state index contributed by atoms with van der Waals surface area (Å²) in [6.45, 7) is 0.741. The average Bonchev–Trinajstić information content (AvgIpc) is 3.25. The van der Waals surface area contributed by atoms with Crippen LogP contribution in [-0.4, -0.2) is 26.6 Å². The number of benzene rings is 4. The first-order chi connectivity index (χ1) is 15.4. The normalized spacial score (nSPS) is 19.0. The molecule has 0 N–H and O–H groups in total. The van der Waals surface area contributed by atoms with E-state index in [0.717, 1.165) is 6.61 Å². The number of hydrogen-bond acceptors (Lipinski definition) is 2. The monoisotopic (exact) mass is 471 g/mol. The molecule has 5 rings (SSSR count). The van der Waals surface area contributed by atoms with E-state index in [2.05, 4.69) is 126 Å². The van der Waals surface area contributed by atoms with Gasteiger partial charge in [0.15, 0.2) is 0 Å². The summed E-state index contributed by atoms with van der Waals surface area (Å²) < 4.78 is 1.42. The van der Waals surface area contributed by atoms with E-state index in [-0.39, 0.29) is 12.1 Å². The zero-order valence-corrected chi connectivity index (χ0v) is 19.0. The second-order valence-electron chi connectivity index (χ2n) is 7.70. The molecule has 1 aliphatic rings. The van der Waals surface area contributed by atoms with Gasteiger partial charge in [-0.25, -0.2) is 0 Å². The van der Waals surface area contributed by atoms with Crippen LogP contribution >= 0.6 is 0 Å². The van der Waals surface area contributed by atoms with Crippen molar-refractivity contribution in [2.24, 2.45) is 0 Å². The van der Waals surface area contributed by atoms with Crippen LogP contribution in [0.3, 0.4) is 0 Å². The van der Waals surface area contributed by atoms with Crippen LogP contribution in [0.5, 0.6) is 0 Å². The number of rotatable bonds is 6. The summed E-state index contributed by atoms with van der Waals surface area (Å²) in [6, 6.07) is 43.4. The van der Waals surface area contributed by atoms with Gasteiger partial charge in [0, 0.05) is 0 Å². The standard InChI is InChI=1S/C28H25NOSe/c1-5-13-22(14-6-1)27(23-15-7-2-8-16-23)29-28(24-17-9-3-10-18-24)26(21-30-29)31-25-19-11-4-12-20-25/h1-20,26-28H,21H2/t26-,28+/m1/s1. The Kier molecular flexibility index (Phi) is 6.29. The van der Waals surface area contributed by atoms with Crippen LogP contribution in [0.25, 0.3) is 0 Å². The van der Waals surface area contributed by atoms with Gasteiger partial charge in [0.2, 0.25) is 0 Å². The van der Waals surface area contributed by atoms with Crippen LogP contribution in [0.2, 0.25) is 4.82 Å². The molecule has 31 heavy (non-hydrogen) atoms. The molecule has 0 unspecified atom stereocenters.